The van der Waals surface area contributed by atoms with Gasteiger partial charge in [-0.3, -0.25) is 0 Å². The van der Waals surface area contributed by atoms with Crippen LogP contribution in [0.25, 0.3) is 0 Å². The topological polar surface area (TPSA) is 53.4 Å². The summed E-state index contributed by atoms with van der Waals surface area (Å²) >= 11 is 1.84. The van der Waals surface area contributed by atoms with Gasteiger partial charge in [0.25, 0.3) is 0 Å². The molecule has 3 fully saturated rings. The predicted molar refractivity (Wildman–Crippen MR) is 104 cm³/mol. The standard InChI is InChI=1S/C22H31NO2S/c1-11-5-6-13-18-14(7-8-21(11,13)3)22(4)10-17-16(23-12(2)26-17)9-15(22)19(24)20(18)25/h13-15,18-20,24-25H,1,5-10H2,2-4H3/t13-,14-,15+,18?,19+,20+,21+,22+/m0/s1. The van der Waals surface area contributed by atoms with Crippen molar-refractivity contribution in [3.05, 3.63) is 27.7 Å². The van der Waals surface area contributed by atoms with Gasteiger partial charge in [0.05, 0.1) is 22.9 Å². The summed E-state index contributed by atoms with van der Waals surface area (Å²) in [5.74, 6) is 1.30. The molecule has 0 amide bonds. The molecule has 0 bridgehead atoms. The molecular weight excluding hydrogens is 342 g/mol. The quantitative estimate of drug-likeness (QED) is 0.678. The fourth-order valence-corrected chi connectivity index (χ4v) is 8.60. The Bertz CT molecular complexity index is 772. The molecule has 4 heteroatoms. The van der Waals surface area contributed by atoms with E-state index in [1.807, 2.05) is 11.3 Å². The van der Waals surface area contributed by atoms with Crippen molar-refractivity contribution in [2.24, 2.45) is 34.5 Å². The first-order valence-electron chi connectivity index (χ1n) is 10.3. The van der Waals surface area contributed by atoms with Crippen LogP contribution < -0.4 is 0 Å². The molecule has 5 rings (SSSR count). The number of hydrogen-bond acceptors (Lipinski definition) is 4. The third kappa shape index (κ3) is 2.04. The van der Waals surface area contributed by atoms with Crippen LogP contribution in [0.15, 0.2) is 12.2 Å². The van der Waals surface area contributed by atoms with Crippen LogP contribution in [0.1, 0.15) is 55.1 Å². The van der Waals surface area contributed by atoms with E-state index in [4.69, 9.17) is 4.98 Å². The van der Waals surface area contributed by atoms with E-state index < -0.39 is 12.2 Å². The molecule has 26 heavy (non-hydrogen) atoms. The summed E-state index contributed by atoms with van der Waals surface area (Å²) in [7, 11) is 0. The van der Waals surface area contributed by atoms with E-state index in [1.54, 1.807) is 0 Å². The van der Waals surface area contributed by atoms with Crippen LogP contribution in [0.3, 0.4) is 0 Å². The third-order valence-electron chi connectivity index (χ3n) is 8.98. The second kappa shape index (κ2) is 5.42. The minimum absolute atomic E-state index is 0.0700. The van der Waals surface area contributed by atoms with Crippen LogP contribution in [0.4, 0.5) is 0 Å². The molecule has 3 saturated carbocycles. The molecule has 8 atom stereocenters. The second-order valence-corrected chi connectivity index (χ2v) is 11.3. The summed E-state index contributed by atoms with van der Waals surface area (Å²) in [5, 5.41) is 23.5. The third-order valence-corrected chi connectivity index (χ3v) is 9.99. The highest BCUT2D eigenvalue weighted by Crippen LogP contribution is 2.66. The first-order chi connectivity index (χ1) is 12.3. The second-order valence-electron chi connectivity index (χ2n) is 9.97. The molecule has 0 saturated heterocycles. The van der Waals surface area contributed by atoms with E-state index in [-0.39, 0.29) is 22.7 Å². The Hall–Kier alpha value is -0.710. The van der Waals surface area contributed by atoms with Gasteiger partial charge >= 0.3 is 0 Å². The fourth-order valence-electron chi connectivity index (χ4n) is 7.46. The molecule has 1 aromatic heterocycles. The van der Waals surface area contributed by atoms with Crippen molar-refractivity contribution in [3.8, 4) is 0 Å². The number of aliphatic hydroxyl groups excluding tert-OH is 2. The minimum atomic E-state index is -0.632. The number of nitrogens with zero attached hydrogens (tertiary/aromatic N) is 1. The Kier molecular flexibility index (Phi) is 3.63. The lowest BCUT2D eigenvalue weighted by Gasteiger charge is -2.62. The zero-order valence-corrected chi connectivity index (χ0v) is 17.0. The Morgan fingerprint density at radius 1 is 1.12 bits per heavy atom. The summed E-state index contributed by atoms with van der Waals surface area (Å²) in [5.41, 5.74) is 2.78. The lowest BCUT2D eigenvalue weighted by Crippen LogP contribution is -2.64. The van der Waals surface area contributed by atoms with Crippen LogP contribution in [0.2, 0.25) is 0 Å². The lowest BCUT2D eigenvalue weighted by molar-refractivity contribution is -0.201. The van der Waals surface area contributed by atoms with Crippen molar-refractivity contribution in [3.63, 3.8) is 0 Å². The predicted octanol–water partition coefficient (Wildman–Crippen LogP) is 3.91. The molecule has 0 aromatic carbocycles. The van der Waals surface area contributed by atoms with Gasteiger partial charge in [0.2, 0.25) is 0 Å². The van der Waals surface area contributed by atoms with E-state index in [0.29, 0.717) is 11.8 Å². The molecule has 2 N–H and O–H groups in total. The molecule has 0 aliphatic heterocycles. The summed E-state index contributed by atoms with van der Waals surface area (Å²) in [6, 6.07) is 0. The first kappa shape index (κ1) is 17.4. The van der Waals surface area contributed by atoms with Crippen LogP contribution in [0.5, 0.6) is 0 Å². The van der Waals surface area contributed by atoms with Crippen molar-refractivity contribution in [1.29, 1.82) is 0 Å². The van der Waals surface area contributed by atoms with Gasteiger partial charge in [0.1, 0.15) is 0 Å². The van der Waals surface area contributed by atoms with Crippen molar-refractivity contribution in [2.45, 2.75) is 71.5 Å². The van der Waals surface area contributed by atoms with Crippen LogP contribution in [-0.4, -0.2) is 27.4 Å². The number of thiazole rings is 1. The molecule has 142 valence electrons. The highest BCUT2D eigenvalue weighted by molar-refractivity contribution is 7.11. The Labute approximate surface area is 160 Å². The number of aryl methyl sites for hydroxylation is 1. The fraction of sp³-hybridized carbons (Fsp3) is 0.773. The summed E-state index contributed by atoms with van der Waals surface area (Å²) in [6.07, 6.45) is 5.18. The van der Waals surface area contributed by atoms with Gasteiger partial charge in [0.15, 0.2) is 0 Å². The van der Waals surface area contributed by atoms with Crippen LogP contribution in [-0.2, 0) is 12.8 Å². The summed E-state index contributed by atoms with van der Waals surface area (Å²) in [6.45, 7) is 11.2. The first-order valence-corrected chi connectivity index (χ1v) is 11.1. The van der Waals surface area contributed by atoms with E-state index in [0.717, 1.165) is 37.1 Å². The Morgan fingerprint density at radius 3 is 2.65 bits per heavy atom. The average molecular weight is 374 g/mol. The zero-order valence-electron chi connectivity index (χ0n) is 16.2. The Morgan fingerprint density at radius 2 is 1.88 bits per heavy atom. The molecule has 0 radical (unpaired) electrons. The van der Waals surface area contributed by atoms with E-state index in [2.05, 4.69) is 27.4 Å². The summed E-state index contributed by atoms with van der Waals surface area (Å²) < 4.78 is 0. The van der Waals surface area contributed by atoms with Crippen LogP contribution in [0, 0.1) is 41.4 Å². The average Bonchev–Trinajstić information content (AvgIpc) is 3.09. The Balaban J connectivity index is 1.58. The summed E-state index contributed by atoms with van der Waals surface area (Å²) in [4.78, 5) is 6.15. The van der Waals surface area contributed by atoms with Gasteiger partial charge in [-0.05, 0) is 80.0 Å². The number of hydrogen-bond donors (Lipinski definition) is 2. The van der Waals surface area contributed by atoms with Crippen LogP contribution >= 0.6 is 11.3 Å². The van der Waals surface area contributed by atoms with E-state index in [9.17, 15) is 10.2 Å². The molecule has 1 heterocycles. The zero-order chi connectivity index (χ0) is 18.4. The number of aliphatic hydroxyl groups is 2. The highest BCUT2D eigenvalue weighted by Gasteiger charge is 2.64. The molecule has 0 spiro atoms. The van der Waals surface area contributed by atoms with Gasteiger partial charge in [0, 0.05) is 4.88 Å². The monoisotopic (exact) mass is 373 g/mol. The smallest absolute Gasteiger partial charge is 0.0900 e. The van der Waals surface area contributed by atoms with Crippen molar-refractivity contribution < 1.29 is 10.2 Å². The molecule has 3 nitrogen and oxygen atoms in total. The normalized spacial score (nSPS) is 50.0. The maximum atomic E-state index is 11.2. The number of aromatic nitrogens is 1. The van der Waals surface area contributed by atoms with Crippen molar-refractivity contribution in [1.82, 2.24) is 4.98 Å². The molecule has 4 aliphatic carbocycles. The van der Waals surface area contributed by atoms with Gasteiger partial charge in [-0.1, -0.05) is 26.0 Å². The maximum Gasteiger partial charge on any atom is 0.0900 e. The highest BCUT2D eigenvalue weighted by atomic mass is 32.1. The minimum Gasteiger partial charge on any atom is -0.390 e. The van der Waals surface area contributed by atoms with Gasteiger partial charge in [-0.15, -0.1) is 11.3 Å². The van der Waals surface area contributed by atoms with Crippen molar-refractivity contribution >= 4 is 11.3 Å². The van der Waals surface area contributed by atoms with Crippen molar-refractivity contribution in [2.75, 3.05) is 0 Å². The van der Waals surface area contributed by atoms with Gasteiger partial charge in [-0.25, -0.2) is 4.98 Å². The van der Waals surface area contributed by atoms with Gasteiger partial charge < -0.3 is 10.2 Å². The molecule has 4 aliphatic rings. The van der Waals surface area contributed by atoms with Gasteiger partial charge in [-0.2, -0.15) is 0 Å². The number of rotatable bonds is 0. The molecule has 1 unspecified atom stereocenters. The SMILES string of the molecule is C=C1CC[C@H]2C3[C@@H](O)[C@H](O)[C@H]4Cc5nc(C)sc5C[C@]4(C)[C@H]3CC[C@]12C. The van der Waals surface area contributed by atoms with E-state index >= 15 is 0 Å². The largest absolute Gasteiger partial charge is 0.390 e. The lowest BCUT2D eigenvalue weighted by atomic mass is 9.44. The number of allylic oxidation sites excluding steroid dienone is 1. The molecular formula is C22H31NO2S. The van der Waals surface area contributed by atoms with E-state index in [1.165, 1.54) is 22.6 Å². The maximum absolute atomic E-state index is 11.2. The molecule has 1 aromatic rings. The number of fused-ring (bicyclic) bond motifs is 6.